The van der Waals surface area contributed by atoms with Crippen molar-refractivity contribution in [2.45, 2.75) is 39.2 Å². The minimum Gasteiger partial charge on any atom is -0.349 e. The Morgan fingerprint density at radius 1 is 1.18 bits per heavy atom. The fraction of sp³-hybridized carbons (Fsp3) is 0.391. The molecule has 3 aromatic rings. The van der Waals surface area contributed by atoms with Gasteiger partial charge >= 0.3 is 0 Å². The number of fused-ring (bicyclic) bond motifs is 1. The van der Waals surface area contributed by atoms with Crippen LogP contribution < -0.4 is 5.32 Å². The normalized spacial score (nSPS) is 15.8. The maximum atomic E-state index is 13.1. The third kappa shape index (κ3) is 3.67. The van der Waals surface area contributed by atoms with Crippen LogP contribution in [0.4, 0.5) is 0 Å². The monoisotopic (exact) mass is 376 g/mol. The number of nitrogens with one attached hydrogen (secondary N) is 1. The van der Waals surface area contributed by atoms with E-state index in [1.165, 1.54) is 18.4 Å². The number of pyridine rings is 1. The van der Waals surface area contributed by atoms with Crippen molar-refractivity contribution in [2.24, 2.45) is 0 Å². The summed E-state index contributed by atoms with van der Waals surface area (Å²) in [6, 6.07) is 14.7. The second kappa shape index (κ2) is 8.15. The van der Waals surface area contributed by atoms with Gasteiger partial charge in [-0.05, 0) is 62.5 Å². The smallest absolute Gasteiger partial charge is 0.270 e. The van der Waals surface area contributed by atoms with E-state index in [1.54, 1.807) is 0 Å². The first kappa shape index (κ1) is 18.7. The molecular formula is C23H28N4O. The van der Waals surface area contributed by atoms with Crippen molar-refractivity contribution in [3.8, 4) is 0 Å². The Morgan fingerprint density at radius 2 is 1.93 bits per heavy atom. The van der Waals surface area contributed by atoms with Crippen LogP contribution in [0.1, 0.15) is 53.1 Å². The molecule has 5 nitrogen and oxygen atoms in total. The van der Waals surface area contributed by atoms with Gasteiger partial charge in [0.1, 0.15) is 11.3 Å². The molecule has 0 bridgehead atoms. The average Bonchev–Trinajstić information content (AvgIpc) is 3.36. The van der Waals surface area contributed by atoms with Crippen LogP contribution >= 0.6 is 0 Å². The van der Waals surface area contributed by atoms with E-state index in [4.69, 9.17) is 0 Å². The molecule has 3 heterocycles. The summed E-state index contributed by atoms with van der Waals surface area (Å²) in [5.74, 6) is -0.0478. The van der Waals surface area contributed by atoms with Gasteiger partial charge < -0.3 is 5.32 Å². The molecule has 4 rings (SSSR count). The Hall–Kier alpha value is -2.66. The first-order valence-electron chi connectivity index (χ1n) is 10.2. The second-order valence-corrected chi connectivity index (χ2v) is 7.57. The largest absolute Gasteiger partial charge is 0.349 e. The molecular weight excluding hydrogens is 348 g/mol. The van der Waals surface area contributed by atoms with Crippen LogP contribution in [0.25, 0.3) is 5.65 Å². The Morgan fingerprint density at radius 3 is 2.64 bits per heavy atom. The Bertz CT molecular complexity index is 957. The molecule has 1 atom stereocenters. The fourth-order valence-electron chi connectivity index (χ4n) is 4.14. The van der Waals surface area contributed by atoms with Gasteiger partial charge in [-0.25, -0.2) is 4.98 Å². The SMILES string of the molecule is CCc1nc2cc(C)ccn2c1C(=O)NCC(c1ccccc1)N1CCCC1. The number of hydrogen-bond acceptors (Lipinski definition) is 3. The standard InChI is InChI=1S/C23H28N4O/c1-3-19-22(27-14-11-17(2)15-21(27)25-19)23(28)24-16-20(26-12-7-8-13-26)18-9-5-4-6-10-18/h4-6,9-11,14-15,20H,3,7-8,12-13,16H2,1-2H3,(H,24,28). The van der Waals surface area contributed by atoms with Crippen molar-refractivity contribution in [1.29, 1.82) is 0 Å². The van der Waals surface area contributed by atoms with Crippen LogP contribution in [-0.2, 0) is 6.42 Å². The van der Waals surface area contributed by atoms with Crippen LogP contribution in [-0.4, -0.2) is 39.8 Å². The van der Waals surface area contributed by atoms with Gasteiger partial charge in [0.05, 0.1) is 11.7 Å². The molecule has 1 unspecified atom stereocenters. The zero-order valence-electron chi connectivity index (χ0n) is 16.7. The second-order valence-electron chi connectivity index (χ2n) is 7.57. The van der Waals surface area contributed by atoms with E-state index >= 15 is 0 Å². The van der Waals surface area contributed by atoms with E-state index in [0.717, 1.165) is 36.4 Å². The predicted molar refractivity (Wildman–Crippen MR) is 112 cm³/mol. The maximum absolute atomic E-state index is 13.1. The quantitative estimate of drug-likeness (QED) is 0.712. The topological polar surface area (TPSA) is 49.6 Å². The molecule has 5 heteroatoms. The summed E-state index contributed by atoms with van der Waals surface area (Å²) in [5, 5.41) is 3.20. The molecule has 1 aromatic carbocycles. The van der Waals surface area contributed by atoms with Crippen molar-refractivity contribution in [3.63, 3.8) is 0 Å². The summed E-state index contributed by atoms with van der Waals surface area (Å²) >= 11 is 0. The summed E-state index contributed by atoms with van der Waals surface area (Å²) in [6.07, 6.45) is 5.13. The van der Waals surface area contributed by atoms with Gasteiger partial charge in [0.25, 0.3) is 5.91 Å². The van der Waals surface area contributed by atoms with Crippen LogP contribution in [0.5, 0.6) is 0 Å². The molecule has 1 fully saturated rings. The highest BCUT2D eigenvalue weighted by atomic mass is 16.2. The number of nitrogens with zero attached hydrogens (tertiary/aromatic N) is 3. The van der Waals surface area contributed by atoms with Gasteiger partial charge in [0.2, 0.25) is 0 Å². The van der Waals surface area contributed by atoms with Gasteiger partial charge in [-0.1, -0.05) is 37.3 Å². The summed E-state index contributed by atoms with van der Waals surface area (Å²) in [7, 11) is 0. The highest BCUT2D eigenvalue weighted by Gasteiger charge is 2.25. The molecule has 1 aliphatic heterocycles. The van der Waals surface area contributed by atoms with E-state index in [9.17, 15) is 4.79 Å². The highest BCUT2D eigenvalue weighted by Crippen LogP contribution is 2.24. The van der Waals surface area contributed by atoms with E-state index in [-0.39, 0.29) is 11.9 Å². The first-order valence-corrected chi connectivity index (χ1v) is 10.2. The molecule has 1 N–H and O–H groups in total. The minimum absolute atomic E-state index is 0.0478. The van der Waals surface area contributed by atoms with Crippen molar-refractivity contribution in [1.82, 2.24) is 19.6 Å². The number of hydrogen-bond donors (Lipinski definition) is 1. The average molecular weight is 377 g/mol. The summed E-state index contributed by atoms with van der Waals surface area (Å²) in [4.78, 5) is 20.3. The summed E-state index contributed by atoms with van der Waals surface area (Å²) in [6.45, 7) is 6.86. The number of aryl methyl sites for hydroxylation is 2. The predicted octanol–water partition coefficient (Wildman–Crippen LogP) is 3.77. The Balaban J connectivity index is 1.58. The molecule has 146 valence electrons. The Labute approximate surface area is 166 Å². The van der Waals surface area contributed by atoms with Crippen LogP contribution in [0.3, 0.4) is 0 Å². The first-order chi connectivity index (χ1) is 13.7. The third-order valence-corrected chi connectivity index (χ3v) is 5.63. The number of amides is 1. The lowest BCUT2D eigenvalue weighted by molar-refractivity contribution is 0.0931. The maximum Gasteiger partial charge on any atom is 0.270 e. The molecule has 1 amide bonds. The number of rotatable bonds is 6. The number of carbonyl (C=O) groups excluding carboxylic acids is 1. The van der Waals surface area contributed by atoms with Crippen LogP contribution in [0.15, 0.2) is 48.7 Å². The van der Waals surface area contributed by atoms with E-state index < -0.39 is 0 Å². The molecule has 28 heavy (non-hydrogen) atoms. The molecule has 0 spiro atoms. The van der Waals surface area contributed by atoms with Gasteiger partial charge in [0.15, 0.2) is 0 Å². The van der Waals surface area contributed by atoms with Crippen LogP contribution in [0, 0.1) is 6.92 Å². The number of carbonyl (C=O) groups is 1. The van der Waals surface area contributed by atoms with Crippen molar-refractivity contribution >= 4 is 11.6 Å². The highest BCUT2D eigenvalue weighted by molar-refractivity contribution is 5.94. The van der Waals surface area contributed by atoms with Gasteiger partial charge in [-0.3, -0.25) is 14.1 Å². The number of benzene rings is 1. The van der Waals surface area contributed by atoms with Gasteiger partial charge in [-0.2, -0.15) is 0 Å². The zero-order valence-corrected chi connectivity index (χ0v) is 16.7. The summed E-state index contributed by atoms with van der Waals surface area (Å²) in [5.41, 5.74) is 4.74. The van der Waals surface area contributed by atoms with Crippen molar-refractivity contribution in [3.05, 3.63) is 71.2 Å². The van der Waals surface area contributed by atoms with Gasteiger partial charge in [0, 0.05) is 12.7 Å². The molecule has 2 aromatic heterocycles. The molecule has 0 saturated carbocycles. The minimum atomic E-state index is -0.0478. The van der Waals surface area contributed by atoms with Gasteiger partial charge in [-0.15, -0.1) is 0 Å². The molecule has 1 saturated heterocycles. The lowest BCUT2D eigenvalue weighted by Gasteiger charge is -2.28. The number of likely N-dealkylation sites (tertiary alicyclic amines) is 1. The lowest BCUT2D eigenvalue weighted by Crippen LogP contribution is -2.37. The molecule has 0 aliphatic carbocycles. The van der Waals surface area contributed by atoms with Crippen molar-refractivity contribution < 1.29 is 4.79 Å². The molecule has 1 aliphatic rings. The van der Waals surface area contributed by atoms with E-state index in [0.29, 0.717) is 12.2 Å². The summed E-state index contributed by atoms with van der Waals surface area (Å²) < 4.78 is 1.91. The lowest BCUT2D eigenvalue weighted by atomic mass is 10.1. The third-order valence-electron chi connectivity index (χ3n) is 5.63. The molecule has 0 radical (unpaired) electrons. The fourth-order valence-corrected chi connectivity index (χ4v) is 4.14. The van der Waals surface area contributed by atoms with E-state index in [2.05, 4.69) is 39.5 Å². The van der Waals surface area contributed by atoms with Crippen molar-refractivity contribution in [2.75, 3.05) is 19.6 Å². The number of aromatic nitrogens is 2. The Kier molecular flexibility index (Phi) is 5.44. The van der Waals surface area contributed by atoms with Crippen LogP contribution in [0.2, 0.25) is 0 Å². The zero-order chi connectivity index (χ0) is 19.5. The van der Waals surface area contributed by atoms with E-state index in [1.807, 2.05) is 42.6 Å². The number of imidazole rings is 1.